The Balaban J connectivity index is 0.000000180. The van der Waals surface area contributed by atoms with Gasteiger partial charge in [0, 0.05) is 0 Å². The maximum Gasteiger partial charge on any atom is 0.271 e. The lowest BCUT2D eigenvalue weighted by atomic mass is 10.1. The SMILES string of the molecule is NC(=O)c1ncn([C@@H]2O[C@H](CO)[C@@H](O)[C@H]2O)c1N.NC(=O)c1ncn([C@@H]2O[C@H](CO)[C@@H](O)[C@H]2O)c1N.NC(=O)c1ncn([C@@H]2O[C@H](CO)[C@@H](O)[C@H]2O)c1N. The van der Waals surface area contributed by atoms with Gasteiger partial charge in [0.2, 0.25) is 0 Å². The molecule has 3 amide bonds. The Kier molecular flexibility index (Phi) is 13.1. The average molecular weight is 775 g/mol. The van der Waals surface area contributed by atoms with Gasteiger partial charge >= 0.3 is 0 Å². The molecule has 3 fully saturated rings. The number of hydrogen-bond donors (Lipinski definition) is 15. The Morgan fingerprint density at radius 2 is 0.722 bits per heavy atom. The number of aliphatic hydroxyl groups excluding tert-OH is 9. The van der Waals surface area contributed by atoms with Crippen molar-refractivity contribution in [1.82, 2.24) is 28.7 Å². The van der Waals surface area contributed by atoms with Crippen LogP contribution in [0.15, 0.2) is 19.0 Å². The second-order valence-corrected chi connectivity index (χ2v) is 11.9. The number of nitrogens with zero attached hydrogens (tertiary/aromatic N) is 6. The molecule has 0 radical (unpaired) electrons. The van der Waals surface area contributed by atoms with E-state index in [0.29, 0.717) is 0 Å². The summed E-state index contributed by atoms with van der Waals surface area (Å²) in [7, 11) is 0. The summed E-state index contributed by atoms with van der Waals surface area (Å²) < 4.78 is 19.3. The number of nitrogen functional groups attached to an aromatic ring is 3. The standard InChI is InChI=1S/3C9H14N4O5/c3*10-7-4(8(11)17)12-2-13(7)9-6(16)5(15)3(1-14)18-9/h3*2-3,5-6,9,14-16H,1,10H2,(H2,11,17)/t3*3-,5-,6-,9-/m111/s1. The second-order valence-electron chi connectivity index (χ2n) is 11.9. The van der Waals surface area contributed by atoms with Gasteiger partial charge in [-0.3, -0.25) is 28.1 Å². The van der Waals surface area contributed by atoms with Crippen molar-refractivity contribution in [2.45, 2.75) is 73.6 Å². The summed E-state index contributed by atoms with van der Waals surface area (Å²) in [5.41, 5.74) is 31.7. The third-order valence-corrected chi connectivity index (χ3v) is 8.57. The lowest BCUT2D eigenvalue weighted by Gasteiger charge is -2.17. The number of amides is 3. The number of primary amides is 3. The number of anilines is 3. The van der Waals surface area contributed by atoms with Crippen LogP contribution in [0.5, 0.6) is 0 Å². The van der Waals surface area contributed by atoms with Gasteiger partial charge in [0.05, 0.1) is 38.8 Å². The maximum atomic E-state index is 11.0. The second kappa shape index (κ2) is 17.0. The van der Waals surface area contributed by atoms with Crippen LogP contribution in [0.2, 0.25) is 0 Å². The third kappa shape index (κ3) is 7.91. The van der Waals surface area contributed by atoms with Crippen LogP contribution in [0.4, 0.5) is 17.5 Å². The first-order valence-corrected chi connectivity index (χ1v) is 15.6. The van der Waals surface area contributed by atoms with Crippen LogP contribution in [0.1, 0.15) is 50.1 Å². The van der Waals surface area contributed by atoms with Gasteiger partial charge in [-0.15, -0.1) is 0 Å². The first kappa shape index (κ1) is 41.7. The quantitative estimate of drug-likeness (QED) is 0.0959. The molecule has 6 rings (SSSR count). The molecule has 0 saturated carbocycles. The molecular formula is C27H42N12O15. The monoisotopic (exact) mass is 774 g/mol. The Morgan fingerprint density at radius 1 is 0.500 bits per heavy atom. The summed E-state index contributed by atoms with van der Waals surface area (Å²) in [5.74, 6) is -2.64. The van der Waals surface area contributed by atoms with E-state index in [1.54, 1.807) is 0 Å². The van der Waals surface area contributed by atoms with Crippen molar-refractivity contribution in [2.24, 2.45) is 17.2 Å². The molecule has 6 heterocycles. The van der Waals surface area contributed by atoms with E-state index >= 15 is 0 Å². The van der Waals surface area contributed by atoms with Gasteiger partial charge in [-0.05, 0) is 0 Å². The number of carbonyl (C=O) groups excluding carboxylic acids is 3. The van der Waals surface area contributed by atoms with Crippen LogP contribution in [0.3, 0.4) is 0 Å². The van der Waals surface area contributed by atoms with E-state index in [1.165, 1.54) is 32.7 Å². The normalized spacial score (nSPS) is 31.7. The molecule has 27 heteroatoms. The van der Waals surface area contributed by atoms with E-state index in [2.05, 4.69) is 15.0 Å². The highest BCUT2D eigenvalue weighted by Gasteiger charge is 2.46. The number of aromatic nitrogens is 6. The predicted octanol–water partition coefficient (Wildman–Crippen LogP) is -8.47. The molecule has 300 valence electrons. The summed E-state index contributed by atoms with van der Waals surface area (Å²) in [6.07, 6.45) is -9.97. The molecule has 3 saturated heterocycles. The van der Waals surface area contributed by atoms with Gasteiger partial charge in [0.25, 0.3) is 17.7 Å². The molecule has 0 spiro atoms. The van der Waals surface area contributed by atoms with E-state index in [4.69, 9.17) is 63.9 Å². The van der Waals surface area contributed by atoms with Gasteiger partial charge in [-0.25, -0.2) is 15.0 Å². The Bertz CT molecular complexity index is 1590. The van der Waals surface area contributed by atoms with Crippen molar-refractivity contribution in [3.63, 3.8) is 0 Å². The number of hydrogen-bond acceptors (Lipinski definition) is 21. The van der Waals surface area contributed by atoms with E-state index in [-0.39, 0.29) is 34.5 Å². The lowest BCUT2D eigenvalue weighted by Crippen LogP contribution is -2.33. The van der Waals surface area contributed by atoms with E-state index < -0.39 is 111 Å². The Labute approximate surface area is 302 Å². The van der Waals surface area contributed by atoms with Crippen molar-refractivity contribution >= 4 is 35.2 Å². The third-order valence-electron chi connectivity index (χ3n) is 8.57. The summed E-state index contributed by atoms with van der Waals surface area (Å²) in [5, 5.41) is 85.0. The van der Waals surface area contributed by atoms with Gasteiger partial charge < -0.3 is 94.6 Å². The summed E-state index contributed by atoms with van der Waals surface area (Å²) in [4.78, 5) is 44.1. The minimum Gasteiger partial charge on any atom is -0.394 e. The van der Waals surface area contributed by atoms with Crippen LogP contribution in [0, 0.1) is 0 Å². The molecule has 3 aromatic heterocycles. The summed E-state index contributed by atoms with van der Waals surface area (Å²) >= 11 is 0. The highest BCUT2D eigenvalue weighted by molar-refractivity contribution is 5.96. The molecule has 3 aliphatic rings. The van der Waals surface area contributed by atoms with Crippen molar-refractivity contribution in [3.8, 4) is 0 Å². The first-order chi connectivity index (χ1) is 25.4. The van der Waals surface area contributed by atoms with Crippen molar-refractivity contribution in [1.29, 1.82) is 0 Å². The molecule has 27 nitrogen and oxygen atoms in total. The zero-order chi connectivity index (χ0) is 40.3. The fraction of sp³-hybridized carbons (Fsp3) is 0.556. The fourth-order valence-electron chi connectivity index (χ4n) is 5.62. The molecule has 0 bridgehead atoms. The fourth-order valence-corrected chi connectivity index (χ4v) is 5.62. The van der Waals surface area contributed by atoms with Crippen LogP contribution >= 0.6 is 0 Å². The predicted molar refractivity (Wildman–Crippen MR) is 175 cm³/mol. The smallest absolute Gasteiger partial charge is 0.271 e. The summed E-state index contributed by atoms with van der Waals surface area (Å²) in [6, 6.07) is 0. The van der Waals surface area contributed by atoms with Gasteiger partial charge in [0.1, 0.15) is 72.4 Å². The first-order valence-electron chi connectivity index (χ1n) is 15.6. The molecule has 3 aromatic rings. The molecular weight excluding hydrogens is 732 g/mol. The van der Waals surface area contributed by atoms with Crippen molar-refractivity contribution in [2.75, 3.05) is 37.0 Å². The van der Waals surface area contributed by atoms with Gasteiger partial charge in [-0.2, -0.15) is 0 Å². The summed E-state index contributed by atoms with van der Waals surface area (Å²) in [6.45, 7) is -1.36. The van der Waals surface area contributed by atoms with Gasteiger partial charge in [-0.1, -0.05) is 0 Å². The minimum absolute atomic E-state index is 0.0719. The van der Waals surface area contributed by atoms with E-state index in [1.807, 2.05) is 0 Å². The lowest BCUT2D eigenvalue weighted by molar-refractivity contribution is -0.0518. The van der Waals surface area contributed by atoms with Crippen LogP contribution < -0.4 is 34.4 Å². The number of carbonyl (C=O) groups is 3. The van der Waals surface area contributed by atoms with Crippen LogP contribution in [-0.4, -0.2) is 167 Å². The molecule has 12 atom stereocenters. The van der Waals surface area contributed by atoms with E-state index in [9.17, 15) is 45.0 Å². The number of ether oxygens (including phenoxy) is 3. The largest absolute Gasteiger partial charge is 0.394 e. The Morgan fingerprint density at radius 3 is 0.870 bits per heavy atom. The average Bonchev–Trinajstić information content (AvgIpc) is 3.97. The molecule has 21 N–H and O–H groups in total. The van der Waals surface area contributed by atoms with Crippen molar-refractivity contribution < 1.29 is 74.6 Å². The molecule has 3 aliphatic heterocycles. The van der Waals surface area contributed by atoms with Crippen LogP contribution in [-0.2, 0) is 14.2 Å². The molecule has 0 aliphatic carbocycles. The van der Waals surface area contributed by atoms with Crippen molar-refractivity contribution in [3.05, 3.63) is 36.1 Å². The molecule has 0 aromatic carbocycles. The zero-order valence-corrected chi connectivity index (χ0v) is 27.9. The van der Waals surface area contributed by atoms with E-state index in [0.717, 1.165) is 0 Å². The topological polar surface area (TPSA) is 471 Å². The zero-order valence-electron chi connectivity index (χ0n) is 27.9. The van der Waals surface area contributed by atoms with Crippen LogP contribution in [0.25, 0.3) is 0 Å². The molecule has 54 heavy (non-hydrogen) atoms. The highest BCUT2D eigenvalue weighted by atomic mass is 16.6. The maximum absolute atomic E-state index is 11.0. The number of aliphatic hydroxyl groups is 9. The number of nitrogens with two attached hydrogens (primary N) is 6. The Hall–Kier alpha value is -5.04. The minimum atomic E-state index is -1.29. The van der Waals surface area contributed by atoms with Gasteiger partial charge in [0.15, 0.2) is 35.8 Å². The highest BCUT2D eigenvalue weighted by Crippen LogP contribution is 2.34. The number of rotatable bonds is 9. The molecule has 0 unspecified atom stereocenters. The number of imidazole rings is 3.